The molecule has 0 bridgehead atoms. The fourth-order valence-electron chi connectivity index (χ4n) is 1.68. The average Bonchev–Trinajstić information content (AvgIpc) is 2.87. The largest absolute Gasteiger partial charge is 0.361 e. The minimum Gasteiger partial charge on any atom is -0.361 e. The van der Waals surface area contributed by atoms with Gasteiger partial charge in [-0.15, -0.1) is 0 Å². The monoisotopic (exact) mass is 249 g/mol. The summed E-state index contributed by atoms with van der Waals surface area (Å²) < 4.78 is 27.1. The lowest BCUT2D eigenvalue weighted by Gasteiger charge is -1.97. The van der Waals surface area contributed by atoms with Crippen LogP contribution in [0.15, 0.2) is 4.52 Å². The van der Waals surface area contributed by atoms with E-state index >= 15 is 0 Å². The molecule has 1 aliphatic carbocycles. The van der Waals surface area contributed by atoms with E-state index in [9.17, 15) is 8.42 Å². The van der Waals surface area contributed by atoms with Crippen molar-refractivity contribution in [2.24, 2.45) is 0 Å². The first-order valence-corrected chi connectivity index (χ1v) is 7.38. The molecule has 2 rings (SSSR count). The molecule has 0 amide bonds. The highest BCUT2D eigenvalue weighted by Crippen LogP contribution is 2.42. The second-order valence-electron chi connectivity index (χ2n) is 3.78. The lowest BCUT2D eigenvalue weighted by atomic mass is 10.1. The van der Waals surface area contributed by atoms with E-state index in [1.165, 1.54) is 0 Å². The Hall–Kier alpha value is -0.550. The van der Waals surface area contributed by atoms with Crippen LogP contribution in [0.4, 0.5) is 0 Å². The zero-order valence-corrected chi connectivity index (χ0v) is 9.94. The highest BCUT2D eigenvalue weighted by Gasteiger charge is 2.32. The number of halogens is 1. The molecule has 1 aromatic rings. The second kappa shape index (κ2) is 3.79. The Balaban J connectivity index is 2.31. The third kappa shape index (κ3) is 2.52. The molecule has 1 heterocycles. The molecule has 0 atom stereocenters. The van der Waals surface area contributed by atoms with Gasteiger partial charge in [-0.3, -0.25) is 0 Å². The van der Waals surface area contributed by atoms with Crippen LogP contribution < -0.4 is 0 Å². The van der Waals surface area contributed by atoms with Gasteiger partial charge in [0.05, 0.1) is 0 Å². The van der Waals surface area contributed by atoms with Gasteiger partial charge in [-0.05, 0) is 19.3 Å². The highest BCUT2D eigenvalue weighted by atomic mass is 35.7. The van der Waals surface area contributed by atoms with Crippen LogP contribution in [0.5, 0.6) is 0 Å². The summed E-state index contributed by atoms with van der Waals surface area (Å²) in [4.78, 5) is 0. The standard InChI is InChI=1S/C9H12ClNO3S/c1-2-7-8(5-15(10,12)13)11-14-9(7)6-3-4-6/h6H,2-5H2,1H3. The molecule has 0 saturated heterocycles. The van der Waals surface area contributed by atoms with Crippen LogP contribution in [0.2, 0.25) is 0 Å². The highest BCUT2D eigenvalue weighted by molar-refractivity contribution is 8.13. The maximum atomic E-state index is 10.9. The van der Waals surface area contributed by atoms with Crippen LogP contribution in [-0.2, 0) is 21.2 Å². The normalized spacial score (nSPS) is 16.9. The van der Waals surface area contributed by atoms with E-state index in [0.717, 1.165) is 30.6 Å². The fourth-order valence-corrected chi connectivity index (χ4v) is 2.54. The SMILES string of the molecule is CCc1c(CS(=O)(=O)Cl)noc1C1CC1. The zero-order valence-electron chi connectivity index (χ0n) is 8.36. The van der Waals surface area contributed by atoms with Crippen molar-refractivity contribution in [3.63, 3.8) is 0 Å². The van der Waals surface area contributed by atoms with E-state index in [1.807, 2.05) is 6.92 Å². The van der Waals surface area contributed by atoms with Crippen LogP contribution in [0.3, 0.4) is 0 Å². The van der Waals surface area contributed by atoms with Crippen LogP contribution in [0.25, 0.3) is 0 Å². The van der Waals surface area contributed by atoms with E-state index < -0.39 is 9.05 Å². The van der Waals surface area contributed by atoms with Crippen molar-refractivity contribution < 1.29 is 12.9 Å². The number of nitrogens with zero attached hydrogens (tertiary/aromatic N) is 1. The molecule has 0 N–H and O–H groups in total. The van der Waals surface area contributed by atoms with Crippen molar-refractivity contribution >= 4 is 19.7 Å². The lowest BCUT2D eigenvalue weighted by molar-refractivity contribution is 0.378. The summed E-state index contributed by atoms with van der Waals surface area (Å²) in [5, 5.41) is 3.79. The average molecular weight is 250 g/mol. The molecule has 0 unspecified atom stereocenters. The summed E-state index contributed by atoms with van der Waals surface area (Å²) >= 11 is 0. The predicted molar refractivity (Wildman–Crippen MR) is 56.3 cm³/mol. The van der Waals surface area contributed by atoms with E-state index in [4.69, 9.17) is 15.2 Å². The van der Waals surface area contributed by atoms with Crippen molar-refractivity contribution in [2.45, 2.75) is 37.9 Å². The van der Waals surface area contributed by atoms with E-state index in [-0.39, 0.29) is 5.75 Å². The molecule has 0 radical (unpaired) electrons. The second-order valence-corrected chi connectivity index (χ2v) is 6.56. The van der Waals surface area contributed by atoms with E-state index in [0.29, 0.717) is 11.6 Å². The van der Waals surface area contributed by atoms with Crippen LogP contribution >= 0.6 is 10.7 Å². The van der Waals surface area contributed by atoms with Crippen molar-refractivity contribution in [1.82, 2.24) is 5.16 Å². The smallest absolute Gasteiger partial charge is 0.238 e. The molecule has 1 fully saturated rings. The van der Waals surface area contributed by atoms with Crippen molar-refractivity contribution in [3.05, 3.63) is 17.0 Å². The summed E-state index contributed by atoms with van der Waals surface area (Å²) in [6.07, 6.45) is 2.95. The van der Waals surface area contributed by atoms with Gasteiger partial charge in [-0.1, -0.05) is 12.1 Å². The molecular weight excluding hydrogens is 238 g/mol. The number of aromatic nitrogens is 1. The Morgan fingerprint density at radius 3 is 2.67 bits per heavy atom. The van der Waals surface area contributed by atoms with Gasteiger partial charge in [-0.2, -0.15) is 0 Å². The Kier molecular flexibility index (Phi) is 2.77. The Bertz CT molecular complexity index is 462. The quantitative estimate of drug-likeness (QED) is 0.768. The molecule has 4 nitrogen and oxygen atoms in total. The third-order valence-electron chi connectivity index (χ3n) is 2.51. The Morgan fingerprint density at radius 1 is 1.53 bits per heavy atom. The maximum Gasteiger partial charge on any atom is 0.238 e. The Labute approximate surface area is 93.0 Å². The first kappa shape index (κ1) is 11.0. The molecule has 0 spiro atoms. The van der Waals surface area contributed by atoms with E-state index in [2.05, 4.69) is 5.16 Å². The van der Waals surface area contributed by atoms with Crippen LogP contribution in [0.1, 0.15) is 42.7 Å². The fraction of sp³-hybridized carbons (Fsp3) is 0.667. The van der Waals surface area contributed by atoms with Gasteiger partial charge in [0, 0.05) is 22.2 Å². The van der Waals surface area contributed by atoms with Crippen LogP contribution in [-0.4, -0.2) is 13.6 Å². The summed E-state index contributed by atoms with van der Waals surface area (Å²) in [6.45, 7) is 1.96. The maximum absolute atomic E-state index is 10.9. The summed E-state index contributed by atoms with van der Waals surface area (Å²) in [5.41, 5.74) is 1.39. The first-order chi connectivity index (χ1) is 7.01. The van der Waals surface area contributed by atoms with Gasteiger partial charge in [0.1, 0.15) is 17.2 Å². The molecule has 15 heavy (non-hydrogen) atoms. The summed E-state index contributed by atoms with van der Waals surface area (Å²) in [5.74, 6) is 1.06. The first-order valence-electron chi connectivity index (χ1n) is 4.91. The topological polar surface area (TPSA) is 60.2 Å². The lowest BCUT2D eigenvalue weighted by Crippen LogP contribution is -1.99. The minimum atomic E-state index is -3.55. The van der Waals surface area contributed by atoms with Crippen molar-refractivity contribution in [1.29, 1.82) is 0 Å². The van der Waals surface area contributed by atoms with Gasteiger partial charge < -0.3 is 4.52 Å². The van der Waals surface area contributed by atoms with Gasteiger partial charge in [-0.25, -0.2) is 8.42 Å². The molecular formula is C9H12ClNO3S. The molecule has 1 aliphatic rings. The van der Waals surface area contributed by atoms with Gasteiger partial charge in [0.25, 0.3) is 0 Å². The van der Waals surface area contributed by atoms with Crippen molar-refractivity contribution in [3.8, 4) is 0 Å². The molecule has 84 valence electrons. The summed E-state index contributed by atoms with van der Waals surface area (Å²) in [7, 11) is 1.64. The number of hydrogen-bond acceptors (Lipinski definition) is 4. The van der Waals surface area contributed by atoms with Gasteiger partial charge >= 0.3 is 0 Å². The molecule has 0 aliphatic heterocycles. The zero-order chi connectivity index (χ0) is 11.1. The van der Waals surface area contributed by atoms with Crippen molar-refractivity contribution in [2.75, 3.05) is 0 Å². The third-order valence-corrected chi connectivity index (χ3v) is 3.46. The predicted octanol–water partition coefficient (Wildman–Crippen LogP) is 2.18. The Morgan fingerprint density at radius 2 is 2.20 bits per heavy atom. The molecule has 0 aromatic carbocycles. The number of rotatable bonds is 4. The van der Waals surface area contributed by atoms with Crippen LogP contribution in [0, 0.1) is 0 Å². The summed E-state index contributed by atoms with van der Waals surface area (Å²) in [6, 6.07) is 0. The molecule has 1 saturated carbocycles. The molecule has 1 aromatic heterocycles. The van der Waals surface area contributed by atoms with Gasteiger partial charge in [0.2, 0.25) is 9.05 Å². The molecule has 6 heteroatoms. The number of hydrogen-bond donors (Lipinski definition) is 0. The van der Waals surface area contributed by atoms with E-state index in [1.54, 1.807) is 0 Å². The van der Waals surface area contributed by atoms with Gasteiger partial charge in [0.15, 0.2) is 0 Å². The minimum absolute atomic E-state index is 0.242.